The highest BCUT2D eigenvalue weighted by Crippen LogP contribution is 2.36. The van der Waals surface area contributed by atoms with Crippen LogP contribution in [0.5, 0.6) is 5.75 Å². The van der Waals surface area contributed by atoms with E-state index in [0.717, 1.165) is 16.4 Å². The number of rotatable bonds is 6. The van der Waals surface area contributed by atoms with Crippen molar-refractivity contribution in [3.05, 3.63) is 72.3 Å². The van der Waals surface area contributed by atoms with E-state index in [1.165, 1.54) is 0 Å². The number of ether oxygens (including phenoxy) is 1. The topological polar surface area (TPSA) is 80.6 Å². The number of benzene rings is 3. The molecule has 0 atom stereocenters. The summed E-state index contributed by atoms with van der Waals surface area (Å²) < 4.78 is 11.3. The lowest BCUT2D eigenvalue weighted by Crippen LogP contribution is -2.27. The summed E-state index contributed by atoms with van der Waals surface area (Å²) in [6.07, 6.45) is 0.139. The van der Waals surface area contributed by atoms with E-state index >= 15 is 0 Å². The Morgan fingerprint density at radius 1 is 0.931 bits per heavy atom. The van der Waals surface area contributed by atoms with Crippen molar-refractivity contribution in [2.24, 2.45) is 0 Å². The van der Waals surface area contributed by atoms with Gasteiger partial charge in [-0.3, -0.25) is 9.59 Å². The third kappa shape index (κ3) is 3.91. The first kappa shape index (κ1) is 18.6. The van der Waals surface area contributed by atoms with Gasteiger partial charge >= 0.3 is 0 Å². The largest absolute Gasteiger partial charge is 0.495 e. The van der Waals surface area contributed by atoms with Crippen LogP contribution in [-0.4, -0.2) is 25.5 Å². The maximum absolute atomic E-state index is 12.4. The fourth-order valence-corrected chi connectivity index (χ4v) is 3.21. The van der Waals surface area contributed by atoms with E-state index in [1.54, 1.807) is 37.4 Å². The molecule has 0 aliphatic carbocycles. The van der Waals surface area contributed by atoms with Crippen LogP contribution in [-0.2, 0) is 4.79 Å². The summed E-state index contributed by atoms with van der Waals surface area (Å²) in [5.74, 6) is 0.109. The molecule has 0 aliphatic heterocycles. The average Bonchev–Trinajstić information content (AvgIpc) is 3.11. The number of carbonyl (C=O) groups is 2. The molecule has 0 aliphatic rings. The molecule has 146 valence electrons. The van der Waals surface area contributed by atoms with Crippen LogP contribution in [0.1, 0.15) is 16.8 Å². The summed E-state index contributed by atoms with van der Waals surface area (Å²) in [4.78, 5) is 24.4. The first-order valence-electron chi connectivity index (χ1n) is 9.28. The first-order chi connectivity index (χ1) is 14.2. The van der Waals surface area contributed by atoms with Crippen LogP contribution >= 0.6 is 0 Å². The van der Waals surface area contributed by atoms with Gasteiger partial charge in [-0.1, -0.05) is 36.4 Å². The molecule has 0 unspecified atom stereocenters. The van der Waals surface area contributed by atoms with E-state index in [-0.39, 0.29) is 24.8 Å². The lowest BCUT2D eigenvalue weighted by atomic mass is 10.1. The van der Waals surface area contributed by atoms with Crippen molar-refractivity contribution in [1.82, 2.24) is 5.32 Å². The van der Waals surface area contributed by atoms with Gasteiger partial charge in [-0.2, -0.15) is 0 Å². The fourth-order valence-electron chi connectivity index (χ4n) is 3.21. The third-order valence-electron chi connectivity index (χ3n) is 4.65. The summed E-state index contributed by atoms with van der Waals surface area (Å²) in [5, 5.41) is 7.49. The van der Waals surface area contributed by atoms with Crippen LogP contribution < -0.4 is 15.4 Å². The molecule has 29 heavy (non-hydrogen) atoms. The number of hydrogen-bond donors (Lipinski definition) is 2. The monoisotopic (exact) mass is 388 g/mol. The molecule has 0 bridgehead atoms. The zero-order valence-corrected chi connectivity index (χ0v) is 15.9. The molecule has 2 N–H and O–H groups in total. The number of para-hydroxylation sites is 1. The van der Waals surface area contributed by atoms with E-state index < -0.39 is 0 Å². The van der Waals surface area contributed by atoms with Crippen LogP contribution in [0, 0.1) is 0 Å². The van der Waals surface area contributed by atoms with Crippen molar-refractivity contribution in [1.29, 1.82) is 0 Å². The molecular weight excluding hydrogens is 368 g/mol. The molecule has 0 fully saturated rings. The number of nitrogens with one attached hydrogen (secondary N) is 2. The number of furan rings is 1. The Balaban J connectivity index is 1.44. The second-order valence-corrected chi connectivity index (χ2v) is 6.57. The van der Waals surface area contributed by atoms with Gasteiger partial charge in [0, 0.05) is 35.4 Å². The van der Waals surface area contributed by atoms with Crippen molar-refractivity contribution in [2.45, 2.75) is 6.42 Å². The molecule has 0 radical (unpaired) electrons. The van der Waals surface area contributed by atoms with Gasteiger partial charge in [0.15, 0.2) is 0 Å². The van der Waals surface area contributed by atoms with E-state index in [2.05, 4.69) is 10.6 Å². The van der Waals surface area contributed by atoms with Crippen molar-refractivity contribution in [2.75, 3.05) is 19.0 Å². The summed E-state index contributed by atoms with van der Waals surface area (Å²) >= 11 is 0. The molecular formula is C23H20N2O4. The van der Waals surface area contributed by atoms with Gasteiger partial charge in [-0.05, 0) is 24.3 Å². The molecule has 2 amide bonds. The van der Waals surface area contributed by atoms with Gasteiger partial charge in [0.25, 0.3) is 5.91 Å². The van der Waals surface area contributed by atoms with Crippen LogP contribution in [0.25, 0.3) is 21.9 Å². The first-order valence-corrected chi connectivity index (χ1v) is 9.28. The smallest absolute Gasteiger partial charge is 0.251 e. The zero-order chi connectivity index (χ0) is 20.2. The standard InChI is InChI=1S/C23H20N2O4/c1-28-21-13-17-16-9-5-6-10-19(16)29-20(17)14-18(21)25-22(26)11-12-24-23(27)15-7-3-2-4-8-15/h2-10,13-14H,11-12H2,1H3,(H,24,27)(H,25,26). The van der Waals surface area contributed by atoms with E-state index in [4.69, 9.17) is 9.15 Å². The Bertz CT molecular complexity index is 1180. The number of anilines is 1. The zero-order valence-electron chi connectivity index (χ0n) is 15.9. The van der Waals surface area contributed by atoms with Gasteiger partial charge in [-0.15, -0.1) is 0 Å². The molecule has 1 heterocycles. The number of methoxy groups -OCH3 is 1. The summed E-state index contributed by atoms with van der Waals surface area (Å²) in [6, 6.07) is 20.2. The highest BCUT2D eigenvalue weighted by atomic mass is 16.5. The number of carbonyl (C=O) groups excluding carboxylic acids is 2. The maximum Gasteiger partial charge on any atom is 0.251 e. The van der Waals surface area contributed by atoms with E-state index in [1.807, 2.05) is 36.4 Å². The molecule has 0 saturated carbocycles. The predicted molar refractivity (Wildman–Crippen MR) is 112 cm³/mol. The normalized spacial score (nSPS) is 10.8. The Hall–Kier alpha value is -3.80. The minimum atomic E-state index is -0.230. The predicted octanol–water partition coefficient (Wildman–Crippen LogP) is 4.35. The maximum atomic E-state index is 12.4. The van der Waals surface area contributed by atoms with Crippen molar-refractivity contribution in [3.63, 3.8) is 0 Å². The van der Waals surface area contributed by atoms with Gasteiger partial charge < -0.3 is 19.8 Å². The van der Waals surface area contributed by atoms with Crippen molar-refractivity contribution < 1.29 is 18.7 Å². The minimum Gasteiger partial charge on any atom is -0.495 e. The van der Waals surface area contributed by atoms with Gasteiger partial charge in [-0.25, -0.2) is 0 Å². The molecule has 0 saturated heterocycles. The van der Waals surface area contributed by atoms with E-state index in [0.29, 0.717) is 22.6 Å². The number of fused-ring (bicyclic) bond motifs is 3. The highest BCUT2D eigenvalue weighted by Gasteiger charge is 2.14. The molecule has 6 heteroatoms. The molecule has 4 rings (SSSR count). The highest BCUT2D eigenvalue weighted by molar-refractivity contribution is 6.07. The quantitative estimate of drug-likeness (QED) is 0.514. The molecule has 6 nitrogen and oxygen atoms in total. The molecule has 1 aromatic heterocycles. The summed E-state index contributed by atoms with van der Waals surface area (Å²) in [7, 11) is 1.55. The summed E-state index contributed by atoms with van der Waals surface area (Å²) in [5.41, 5.74) is 2.53. The molecule has 0 spiro atoms. The Morgan fingerprint density at radius 2 is 1.69 bits per heavy atom. The van der Waals surface area contributed by atoms with Crippen molar-refractivity contribution >= 4 is 39.4 Å². The second kappa shape index (κ2) is 8.06. The van der Waals surface area contributed by atoms with Gasteiger partial charge in [0.1, 0.15) is 16.9 Å². The minimum absolute atomic E-state index is 0.139. The van der Waals surface area contributed by atoms with Crippen molar-refractivity contribution in [3.8, 4) is 5.75 Å². The van der Waals surface area contributed by atoms with Gasteiger partial charge in [0.05, 0.1) is 12.8 Å². The second-order valence-electron chi connectivity index (χ2n) is 6.57. The Labute approximate surface area is 167 Å². The lowest BCUT2D eigenvalue weighted by molar-refractivity contribution is -0.116. The Kier molecular flexibility index (Phi) is 5.16. The third-order valence-corrected chi connectivity index (χ3v) is 4.65. The lowest BCUT2D eigenvalue weighted by Gasteiger charge is -2.11. The average molecular weight is 388 g/mol. The number of hydrogen-bond acceptors (Lipinski definition) is 4. The van der Waals surface area contributed by atoms with Crippen LogP contribution in [0.15, 0.2) is 71.1 Å². The Morgan fingerprint density at radius 3 is 2.48 bits per heavy atom. The van der Waals surface area contributed by atoms with Crippen LogP contribution in [0.3, 0.4) is 0 Å². The van der Waals surface area contributed by atoms with Gasteiger partial charge in [0.2, 0.25) is 5.91 Å². The molecule has 4 aromatic rings. The SMILES string of the molecule is COc1cc2c(cc1NC(=O)CCNC(=O)c1ccccc1)oc1ccccc12. The molecule has 3 aromatic carbocycles. The van der Waals surface area contributed by atoms with Crippen LogP contribution in [0.4, 0.5) is 5.69 Å². The summed E-state index contributed by atoms with van der Waals surface area (Å²) in [6.45, 7) is 0.231. The van der Waals surface area contributed by atoms with E-state index in [9.17, 15) is 9.59 Å². The van der Waals surface area contributed by atoms with Crippen LogP contribution in [0.2, 0.25) is 0 Å². The number of amides is 2. The fraction of sp³-hybridized carbons (Fsp3) is 0.130.